The van der Waals surface area contributed by atoms with Gasteiger partial charge >= 0.3 is 0 Å². The van der Waals surface area contributed by atoms with E-state index in [0.29, 0.717) is 22.5 Å². The zero-order chi connectivity index (χ0) is 20.8. The van der Waals surface area contributed by atoms with Crippen molar-refractivity contribution in [3.05, 3.63) is 59.5 Å². The molecule has 4 heterocycles. The van der Waals surface area contributed by atoms with Gasteiger partial charge < -0.3 is 24.4 Å². The van der Waals surface area contributed by atoms with E-state index in [9.17, 15) is 9.18 Å². The Bertz CT molecular complexity index is 1270. The van der Waals surface area contributed by atoms with Crippen LogP contribution in [0.4, 0.5) is 15.8 Å². The third kappa shape index (κ3) is 3.19. The zero-order valence-corrected chi connectivity index (χ0v) is 16.8. The number of anilines is 2. The highest BCUT2D eigenvalue weighted by molar-refractivity contribution is 6.13. The molecule has 0 bridgehead atoms. The first-order chi connectivity index (χ1) is 14.5. The van der Waals surface area contributed by atoms with Gasteiger partial charge in [0, 0.05) is 55.7 Å². The summed E-state index contributed by atoms with van der Waals surface area (Å²) < 4.78 is 21.8. The molecule has 2 N–H and O–H groups in total. The number of nitrogens with one attached hydrogen (secondary N) is 2. The lowest BCUT2D eigenvalue weighted by atomic mass is 10.1. The molecule has 1 aliphatic heterocycles. The van der Waals surface area contributed by atoms with Crippen molar-refractivity contribution in [3.63, 3.8) is 0 Å². The zero-order valence-electron chi connectivity index (χ0n) is 16.8. The molecule has 154 valence electrons. The lowest BCUT2D eigenvalue weighted by Gasteiger charge is -2.30. The van der Waals surface area contributed by atoms with E-state index < -0.39 is 5.82 Å². The summed E-state index contributed by atoms with van der Waals surface area (Å²) in [5.41, 5.74) is 3.30. The first-order valence-electron chi connectivity index (χ1n) is 9.94. The minimum Gasteiger partial charge on any atom is -0.460 e. The molecular weight excluding hydrogens is 385 g/mol. The monoisotopic (exact) mass is 407 g/mol. The maximum Gasteiger partial charge on any atom is 0.259 e. The van der Waals surface area contributed by atoms with Gasteiger partial charge in [0.15, 0.2) is 11.5 Å². The Kier molecular flexibility index (Phi) is 4.43. The van der Waals surface area contributed by atoms with Crippen molar-refractivity contribution in [3.8, 4) is 0 Å². The smallest absolute Gasteiger partial charge is 0.259 e. The summed E-state index contributed by atoms with van der Waals surface area (Å²) in [6.07, 6.45) is 3.36. The van der Waals surface area contributed by atoms with E-state index in [1.807, 2.05) is 19.1 Å². The number of imidazole rings is 1. The fourth-order valence-corrected chi connectivity index (χ4v) is 4.04. The Balaban J connectivity index is 1.51. The van der Waals surface area contributed by atoms with Gasteiger partial charge in [-0.1, -0.05) is 0 Å². The number of piperazine rings is 1. The number of pyridine rings is 1. The van der Waals surface area contributed by atoms with Crippen LogP contribution in [0.1, 0.15) is 21.8 Å². The largest absolute Gasteiger partial charge is 0.460 e. The number of fused-ring (bicyclic) bond motifs is 2. The van der Waals surface area contributed by atoms with Crippen LogP contribution in [-0.2, 0) is 0 Å². The van der Waals surface area contributed by atoms with Crippen LogP contribution in [0.25, 0.3) is 16.6 Å². The van der Waals surface area contributed by atoms with Gasteiger partial charge in [-0.05, 0) is 32.0 Å². The Morgan fingerprint density at radius 3 is 2.80 bits per heavy atom. The molecule has 1 amide bonds. The van der Waals surface area contributed by atoms with E-state index >= 15 is 0 Å². The summed E-state index contributed by atoms with van der Waals surface area (Å²) in [5.74, 6) is -0.103. The van der Waals surface area contributed by atoms with Crippen LogP contribution in [0.2, 0.25) is 0 Å². The lowest BCUT2D eigenvalue weighted by molar-refractivity contribution is 0.102. The standard InChI is InChI=1S/C22H22FN5O2/c1-13-11-28-12-15(10-18(23)21(28)25-13)26-22(29)16-3-4-19(27-7-5-24-6-8-27)17-9-14(2)30-20(16)17/h3-4,9-12,24H,5-8H2,1-2H3,(H,26,29). The predicted molar refractivity (Wildman–Crippen MR) is 114 cm³/mol. The molecule has 1 aliphatic rings. The van der Waals surface area contributed by atoms with Crippen LogP contribution in [0.15, 0.2) is 41.1 Å². The summed E-state index contributed by atoms with van der Waals surface area (Å²) >= 11 is 0. The third-order valence-corrected chi connectivity index (χ3v) is 5.37. The fourth-order valence-electron chi connectivity index (χ4n) is 4.04. The predicted octanol–water partition coefficient (Wildman–Crippen LogP) is 3.50. The number of amides is 1. The molecule has 8 heteroatoms. The van der Waals surface area contributed by atoms with E-state index in [4.69, 9.17) is 4.42 Å². The second-order valence-corrected chi connectivity index (χ2v) is 7.61. The Morgan fingerprint density at radius 2 is 2.00 bits per heavy atom. The maximum absolute atomic E-state index is 14.4. The maximum atomic E-state index is 14.4. The molecule has 0 unspecified atom stereocenters. The van der Waals surface area contributed by atoms with Gasteiger partial charge in [-0.3, -0.25) is 4.79 Å². The second-order valence-electron chi connectivity index (χ2n) is 7.61. The van der Waals surface area contributed by atoms with E-state index in [2.05, 4.69) is 20.5 Å². The first-order valence-corrected chi connectivity index (χ1v) is 9.94. The number of aromatic nitrogens is 2. The SMILES string of the molecule is Cc1cn2cc(NC(=O)c3ccc(N4CCNCC4)c4cc(C)oc34)cc(F)c2n1. The number of nitrogens with zero attached hydrogens (tertiary/aromatic N) is 3. The number of carbonyl (C=O) groups excluding carboxylic acids is 1. The van der Waals surface area contributed by atoms with Crippen LogP contribution in [-0.4, -0.2) is 41.5 Å². The molecule has 3 aromatic heterocycles. The van der Waals surface area contributed by atoms with Gasteiger partial charge in [-0.25, -0.2) is 9.37 Å². The van der Waals surface area contributed by atoms with Crippen LogP contribution < -0.4 is 15.5 Å². The van der Waals surface area contributed by atoms with Gasteiger partial charge in [-0.2, -0.15) is 0 Å². The number of halogens is 1. The van der Waals surface area contributed by atoms with E-state index in [0.717, 1.165) is 43.0 Å². The van der Waals surface area contributed by atoms with Crippen molar-refractivity contribution in [1.29, 1.82) is 0 Å². The van der Waals surface area contributed by atoms with Crippen LogP contribution in [0.5, 0.6) is 0 Å². The van der Waals surface area contributed by atoms with E-state index in [1.54, 1.807) is 29.8 Å². The fraction of sp³-hybridized carbons (Fsp3) is 0.273. The second kappa shape index (κ2) is 7.14. The molecule has 0 saturated carbocycles. The highest BCUT2D eigenvalue weighted by atomic mass is 19.1. The number of rotatable bonds is 3. The molecular formula is C22H22FN5O2. The molecule has 1 saturated heterocycles. The van der Waals surface area contributed by atoms with Crippen molar-refractivity contribution in [1.82, 2.24) is 14.7 Å². The van der Waals surface area contributed by atoms with Crippen LogP contribution >= 0.6 is 0 Å². The van der Waals surface area contributed by atoms with Crippen LogP contribution in [0.3, 0.4) is 0 Å². The number of hydrogen-bond donors (Lipinski definition) is 2. The van der Waals surface area contributed by atoms with Crippen molar-refractivity contribution >= 4 is 33.9 Å². The number of benzene rings is 1. The topological polar surface area (TPSA) is 74.8 Å². The van der Waals surface area contributed by atoms with E-state index in [-0.39, 0.29) is 11.6 Å². The highest BCUT2D eigenvalue weighted by Gasteiger charge is 2.21. The lowest BCUT2D eigenvalue weighted by Crippen LogP contribution is -2.43. The molecule has 0 radical (unpaired) electrons. The minimum atomic E-state index is -0.492. The van der Waals surface area contributed by atoms with Crippen LogP contribution in [0, 0.1) is 19.7 Å². The Morgan fingerprint density at radius 1 is 1.20 bits per heavy atom. The number of hydrogen-bond acceptors (Lipinski definition) is 5. The van der Waals surface area contributed by atoms with Crippen molar-refractivity contribution in [2.45, 2.75) is 13.8 Å². The van der Waals surface area contributed by atoms with Crippen molar-refractivity contribution < 1.29 is 13.6 Å². The Labute approximate surface area is 172 Å². The highest BCUT2D eigenvalue weighted by Crippen LogP contribution is 2.33. The molecule has 7 nitrogen and oxygen atoms in total. The molecule has 5 rings (SSSR count). The summed E-state index contributed by atoms with van der Waals surface area (Å²) in [4.78, 5) is 19.5. The normalized spacial score (nSPS) is 14.6. The summed E-state index contributed by atoms with van der Waals surface area (Å²) in [6, 6.07) is 6.97. The van der Waals surface area contributed by atoms with Crippen molar-refractivity contribution in [2.75, 3.05) is 36.4 Å². The van der Waals surface area contributed by atoms with Gasteiger partial charge in [0.2, 0.25) is 0 Å². The molecule has 0 aliphatic carbocycles. The molecule has 4 aromatic rings. The average Bonchev–Trinajstić information content (AvgIpc) is 3.29. The molecule has 1 fully saturated rings. The molecule has 0 spiro atoms. The van der Waals surface area contributed by atoms with Gasteiger partial charge in [0.05, 0.1) is 16.9 Å². The number of carbonyl (C=O) groups is 1. The quantitative estimate of drug-likeness (QED) is 0.544. The molecule has 0 atom stereocenters. The average molecular weight is 407 g/mol. The van der Waals surface area contributed by atoms with Crippen molar-refractivity contribution in [2.24, 2.45) is 0 Å². The van der Waals surface area contributed by atoms with E-state index in [1.165, 1.54) is 6.07 Å². The molecule has 1 aromatic carbocycles. The van der Waals surface area contributed by atoms with Gasteiger partial charge in [-0.15, -0.1) is 0 Å². The third-order valence-electron chi connectivity index (χ3n) is 5.37. The summed E-state index contributed by atoms with van der Waals surface area (Å²) in [6.45, 7) is 7.29. The van der Waals surface area contributed by atoms with Gasteiger partial charge in [0.1, 0.15) is 11.3 Å². The first kappa shape index (κ1) is 18.6. The minimum absolute atomic E-state index is 0.231. The molecule has 30 heavy (non-hydrogen) atoms. The summed E-state index contributed by atoms with van der Waals surface area (Å²) in [7, 11) is 0. The summed E-state index contributed by atoms with van der Waals surface area (Å²) in [5, 5.41) is 7.05. The number of furan rings is 1. The Hall–Kier alpha value is -3.39. The van der Waals surface area contributed by atoms with Gasteiger partial charge in [0.25, 0.3) is 5.91 Å². The number of aryl methyl sites for hydroxylation is 2.